The average molecular weight is 658 g/mol. The fraction of sp³-hybridized carbons (Fsp3) is 0.500. The Hall–Kier alpha value is -3.64. The first kappa shape index (κ1) is 35.2. The lowest BCUT2D eigenvalue weighted by molar-refractivity contribution is 0.0336. The van der Waals surface area contributed by atoms with Crippen LogP contribution in [0.3, 0.4) is 0 Å². The highest BCUT2D eigenvalue weighted by Gasteiger charge is 2.45. The van der Waals surface area contributed by atoms with E-state index in [1.54, 1.807) is 12.4 Å². The molecule has 3 atom stereocenters. The van der Waals surface area contributed by atoms with Gasteiger partial charge in [0.1, 0.15) is 28.7 Å². The Morgan fingerprint density at radius 2 is 1.67 bits per heavy atom. The maximum Gasteiger partial charge on any atom is 0.408 e. The van der Waals surface area contributed by atoms with Crippen molar-refractivity contribution >= 4 is 25.8 Å². The van der Waals surface area contributed by atoms with Gasteiger partial charge in [-0.25, -0.2) is 22.9 Å². The molecule has 2 aromatic heterocycles. The molecule has 1 unspecified atom stereocenters. The van der Waals surface area contributed by atoms with Gasteiger partial charge in [0.25, 0.3) is 0 Å². The van der Waals surface area contributed by atoms with Crippen molar-refractivity contribution in [2.75, 3.05) is 23.3 Å². The van der Waals surface area contributed by atoms with Gasteiger partial charge in [-0.15, -0.1) is 0 Å². The second-order valence-corrected chi connectivity index (χ2v) is 19.2. The predicted octanol–water partition coefficient (Wildman–Crippen LogP) is 7.91. The van der Waals surface area contributed by atoms with Gasteiger partial charge >= 0.3 is 6.09 Å². The summed E-state index contributed by atoms with van der Waals surface area (Å²) in [6.07, 6.45) is 2.63. The number of anilines is 2. The van der Waals surface area contributed by atoms with Gasteiger partial charge in [-0.05, 0) is 69.2 Å². The lowest BCUT2D eigenvalue weighted by Crippen LogP contribution is -2.62. The number of halogens is 3. The monoisotopic (exact) mass is 657 g/mol. The summed E-state index contributed by atoms with van der Waals surface area (Å²) in [4.78, 5) is 23.7. The number of nitrogens with one attached hydrogen (secondary N) is 2. The molecule has 1 saturated heterocycles. The number of pyridine rings is 2. The Morgan fingerprint density at radius 3 is 2.30 bits per heavy atom. The largest absolute Gasteiger partial charge is 0.444 e. The van der Waals surface area contributed by atoms with Gasteiger partial charge in [-0.2, -0.15) is 0 Å². The number of carbonyl (C=O) groups excluding carboxylic acids is 1. The molecule has 1 aliphatic rings. The number of piperidine rings is 1. The molecule has 0 aliphatic carbocycles. The second-order valence-electron chi connectivity index (χ2n) is 14.5. The molecule has 0 bridgehead atoms. The summed E-state index contributed by atoms with van der Waals surface area (Å²) in [5, 5.41) is 6.39. The van der Waals surface area contributed by atoms with Gasteiger partial charge in [-0.3, -0.25) is 4.98 Å². The molecule has 3 aromatic rings. The van der Waals surface area contributed by atoms with Crippen LogP contribution < -0.4 is 15.5 Å². The standard InChI is InChI=1S/C34H46F3N5O3Si/c1-21-19-42(20-27(41-32(43)44-33(2,3)4)31(21)45-46(8,9)34(5,6)7)28-15-16-38-18-26(28)39-17-22-13-14-25(37)30(40-22)29-23(35)11-10-12-24(29)36/h10-16,18,21,27,31,39H,17,19-20H2,1-9H3,(H,41,43)/t21-,27+,31?/m0/s1. The molecule has 1 amide bonds. The summed E-state index contributed by atoms with van der Waals surface area (Å²) < 4.78 is 56.1. The lowest BCUT2D eigenvalue weighted by Gasteiger charge is -2.48. The molecular formula is C34H46F3N5O3Si. The number of amides is 1. The Labute approximate surface area is 271 Å². The minimum atomic E-state index is -2.19. The molecule has 0 spiro atoms. The molecule has 8 nitrogen and oxygen atoms in total. The number of rotatable bonds is 8. The number of alkyl carbamates (subject to hydrolysis) is 1. The summed E-state index contributed by atoms with van der Waals surface area (Å²) >= 11 is 0. The summed E-state index contributed by atoms with van der Waals surface area (Å²) in [6, 6.07) is 7.48. The highest BCUT2D eigenvalue weighted by Crippen LogP contribution is 2.40. The number of ether oxygens (including phenoxy) is 1. The van der Waals surface area contributed by atoms with E-state index < -0.39 is 48.7 Å². The van der Waals surface area contributed by atoms with Crippen LogP contribution in [0.5, 0.6) is 0 Å². The summed E-state index contributed by atoms with van der Waals surface area (Å²) in [7, 11) is -2.19. The van der Waals surface area contributed by atoms with Gasteiger partial charge < -0.3 is 24.7 Å². The number of benzene rings is 1. The van der Waals surface area contributed by atoms with E-state index in [9.17, 15) is 18.0 Å². The fourth-order valence-corrected chi connectivity index (χ4v) is 6.66. The van der Waals surface area contributed by atoms with E-state index in [0.717, 1.165) is 23.9 Å². The maximum absolute atomic E-state index is 14.7. The highest BCUT2D eigenvalue weighted by molar-refractivity contribution is 6.74. The first-order chi connectivity index (χ1) is 21.4. The van der Waals surface area contributed by atoms with Crippen LogP contribution in [0.25, 0.3) is 11.3 Å². The fourth-order valence-electron chi connectivity index (χ4n) is 5.23. The normalized spacial score (nSPS) is 19.1. The van der Waals surface area contributed by atoms with Crippen molar-refractivity contribution in [1.82, 2.24) is 15.3 Å². The van der Waals surface area contributed by atoms with Crippen molar-refractivity contribution in [3.8, 4) is 11.3 Å². The molecule has 1 fully saturated rings. The number of hydrogen-bond acceptors (Lipinski definition) is 7. The van der Waals surface area contributed by atoms with Crippen molar-refractivity contribution in [3.63, 3.8) is 0 Å². The van der Waals surface area contributed by atoms with Crippen molar-refractivity contribution in [1.29, 1.82) is 0 Å². The van der Waals surface area contributed by atoms with E-state index in [4.69, 9.17) is 9.16 Å². The van der Waals surface area contributed by atoms with Crippen LogP contribution in [0, 0.1) is 23.4 Å². The first-order valence-corrected chi connectivity index (χ1v) is 18.5. The molecule has 0 saturated carbocycles. The van der Waals surface area contributed by atoms with Crippen LogP contribution in [0.2, 0.25) is 18.1 Å². The van der Waals surface area contributed by atoms with Crippen LogP contribution in [0.15, 0.2) is 48.8 Å². The van der Waals surface area contributed by atoms with E-state index in [1.165, 1.54) is 12.1 Å². The van der Waals surface area contributed by atoms with E-state index >= 15 is 0 Å². The summed E-state index contributed by atoms with van der Waals surface area (Å²) in [5.41, 5.74) is 0.339. The Balaban J connectivity index is 1.59. The van der Waals surface area contributed by atoms with Crippen LogP contribution in [0.4, 0.5) is 29.3 Å². The van der Waals surface area contributed by atoms with E-state index in [2.05, 4.69) is 66.3 Å². The zero-order valence-corrected chi connectivity index (χ0v) is 29.2. The van der Waals surface area contributed by atoms with Gasteiger partial charge in [0, 0.05) is 25.2 Å². The van der Waals surface area contributed by atoms with Crippen molar-refractivity contribution in [2.24, 2.45) is 5.92 Å². The number of hydrogen-bond donors (Lipinski definition) is 2. The molecule has 3 heterocycles. The quantitative estimate of drug-likeness (QED) is 0.238. The third-order valence-corrected chi connectivity index (χ3v) is 13.0. The van der Waals surface area contributed by atoms with Crippen molar-refractivity contribution in [2.45, 2.75) is 90.9 Å². The molecule has 2 N–H and O–H groups in total. The van der Waals surface area contributed by atoms with E-state index in [-0.39, 0.29) is 29.6 Å². The average Bonchev–Trinajstić information content (AvgIpc) is 2.93. The first-order valence-electron chi connectivity index (χ1n) is 15.6. The van der Waals surface area contributed by atoms with Crippen molar-refractivity contribution < 1.29 is 27.1 Å². The summed E-state index contributed by atoms with van der Waals surface area (Å²) in [6.45, 7) is 19.8. The van der Waals surface area contributed by atoms with E-state index in [0.29, 0.717) is 24.5 Å². The van der Waals surface area contributed by atoms with Crippen molar-refractivity contribution in [3.05, 3.63) is 71.9 Å². The molecule has 1 aromatic carbocycles. The van der Waals surface area contributed by atoms with Gasteiger partial charge in [0.15, 0.2) is 8.32 Å². The Morgan fingerprint density at radius 1 is 1.00 bits per heavy atom. The topological polar surface area (TPSA) is 88.6 Å². The van der Waals surface area contributed by atoms with Crippen LogP contribution in [-0.4, -0.2) is 55.2 Å². The highest BCUT2D eigenvalue weighted by atomic mass is 28.4. The molecule has 12 heteroatoms. The molecule has 46 heavy (non-hydrogen) atoms. The van der Waals surface area contributed by atoms with Crippen LogP contribution in [0.1, 0.15) is 54.2 Å². The van der Waals surface area contributed by atoms with E-state index in [1.807, 2.05) is 26.8 Å². The zero-order valence-electron chi connectivity index (χ0n) is 28.2. The zero-order chi connectivity index (χ0) is 34.0. The molecular weight excluding hydrogens is 611 g/mol. The minimum absolute atomic E-state index is 0.0190. The number of aromatic nitrogens is 2. The molecule has 0 radical (unpaired) electrons. The van der Waals surface area contributed by atoms with Crippen LogP contribution in [-0.2, 0) is 15.7 Å². The molecule has 250 valence electrons. The summed E-state index contributed by atoms with van der Waals surface area (Å²) in [5.74, 6) is -2.57. The third-order valence-electron chi connectivity index (χ3n) is 8.52. The Bertz CT molecular complexity index is 1520. The number of carbonyl (C=O) groups is 1. The maximum atomic E-state index is 14.7. The SMILES string of the molecule is C[C@H]1CN(c2ccncc2NCc2ccc(F)c(-c3c(F)cccc3F)n2)C[C@@H](NC(=O)OC(C)(C)C)C1O[Si](C)(C)C(C)(C)C. The number of nitrogens with zero attached hydrogens (tertiary/aromatic N) is 3. The predicted molar refractivity (Wildman–Crippen MR) is 178 cm³/mol. The lowest BCUT2D eigenvalue weighted by atomic mass is 9.92. The minimum Gasteiger partial charge on any atom is -0.444 e. The van der Waals surface area contributed by atoms with Gasteiger partial charge in [0.05, 0.1) is 47.5 Å². The smallest absolute Gasteiger partial charge is 0.408 e. The molecule has 1 aliphatic heterocycles. The Kier molecular flexibility index (Phi) is 10.4. The third kappa shape index (κ3) is 8.38. The molecule has 4 rings (SSSR count). The van der Waals surface area contributed by atoms with Crippen LogP contribution >= 0.6 is 0 Å². The van der Waals surface area contributed by atoms with Gasteiger partial charge in [0.2, 0.25) is 0 Å². The second kappa shape index (κ2) is 13.6. The van der Waals surface area contributed by atoms with Gasteiger partial charge in [-0.1, -0.05) is 33.8 Å².